The molecule has 1 saturated heterocycles. The number of carboxylic acids is 1. The first-order valence-electron chi connectivity index (χ1n) is 7.69. The number of carboxylic acid groups (broad SMARTS) is 1. The van der Waals surface area contributed by atoms with E-state index in [2.05, 4.69) is 5.32 Å². The number of benzene rings is 1. The highest BCUT2D eigenvalue weighted by molar-refractivity contribution is 6.32. The molecule has 2 N–H and O–H groups in total. The second-order valence-electron chi connectivity index (χ2n) is 5.50. The molecule has 0 saturated carbocycles. The standard InChI is InChI=1S/C16H23ClN2O4/c1-4-23-15-12(17)7-11(8-13(15)22-3)14(16(20)21)19-6-5-18-9-10(19)2/h7-8,10,14,18H,4-6,9H2,1-3H3,(H,20,21). The first-order valence-corrected chi connectivity index (χ1v) is 8.06. The molecule has 6 nitrogen and oxygen atoms in total. The van der Waals surface area contributed by atoms with Crippen LogP contribution < -0.4 is 14.8 Å². The third-order valence-electron chi connectivity index (χ3n) is 3.97. The molecule has 2 rings (SSSR count). The molecule has 2 atom stereocenters. The topological polar surface area (TPSA) is 71.0 Å². The van der Waals surface area contributed by atoms with Crippen LogP contribution >= 0.6 is 11.6 Å². The molecule has 2 unspecified atom stereocenters. The summed E-state index contributed by atoms with van der Waals surface area (Å²) < 4.78 is 10.8. The van der Waals surface area contributed by atoms with Gasteiger partial charge in [-0.25, -0.2) is 0 Å². The van der Waals surface area contributed by atoms with Gasteiger partial charge >= 0.3 is 5.97 Å². The molecule has 128 valence electrons. The molecule has 0 aromatic heterocycles. The maximum Gasteiger partial charge on any atom is 0.325 e. The normalized spacial score (nSPS) is 20.1. The van der Waals surface area contributed by atoms with Crippen molar-refractivity contribution in [3.05, 3.63) is 22.7 Å². The lowest BCUT2D eigenvalue weighted by Gasteiger charge is -2.38. The Hall–Kier alpha value is -1.50. The van der Waals surface area contributed by atoms with E-state index in [1.54, 1.807) is 12.1 Å². The van der Waals surface area contributed by atoms with Gasteiger partial charge in [-0.3, -0.25) is 9.69 Å². The van der Waals surface area contributed by atoms with E-state index < -0.39 is 12.0 Å². The van der Waals surface area contributed by atoms with E-state index in [1.807, 2.05) is 18.7 Å². The fraction of sp³-hybridized carbons (Fsp3) is 0.562. The highest BCUT2D eigenvalue weighted by Gasteiger charge is 2.33. The first-order chi connectivity index (χ1) is 11.0. The van der Waals surface area contributed by atoms with Crippen LogP contribution in [0.25, 0.3) is 0 Å². The molecule has 0 bridgehead atoms. The van der Waals surface area contributed by atoms with Gasteiger partial charge in [0.2, 0.25) is 0 Å². The number of halogens is 1. The van der Waals surface area contributed by atoms with Crippen LogP contribution in [0.1, 0.15) is 25.5 Å². The second kappa shape index (κ2) is 7.86. The Kier molecular flexibility index (Phi) is 6.10. The number of carbonyl (C=O) groups is 1. The van der Waals surface area contributed by atoms with Crippen LogP contribution in [-0.2, 0) is 4.79 Å². The summed E-state index contributed by atoms with van der Waals surface area (Å²) in [6.45, 7) is 6.49. The van der Waals surface area contributed by atoms with Crippen molar-refractivity contribution in [2.75, 3.05) is 33.4 Å². The Balaban J connectivity index is 2.43. The Labute approximate surface area is 141 Å². The molecule has 1 fully saturated rings. The van der Waals surface area contributed by atoms with E-state index in [9.17, 15) is 9.90 Å². The minimum atomic E-state index is -0.902. The average molecular weight is 343 g/mol. The van der Waals surface area contributed by atoms with Crippen molar-refractivity contribution < 1.29 is 19.4 Å². The van der Waals surface area contributed by atoms with Crippen LogP contribution in [0.3, 0.4) is 0 Å². The Morgan fingerprint density at radius 2 is 2.30 bits per heavy atom. The number of piperazine rings is 1. The fourth-order valence-corrected chi connectivity index (χ4v) is 3.17. The molecule has 1 heterocycles. The van der Waals surface area contributed by atoms with Gasteiger partial charge in [0, 0.05) is 25.7 Å². The number of methoxy groups -OCH3 is 1. The van der Waals surface area contributed by atoms with Gasteiger partial charge in [0.25, 0.3) is 0 Å². The third-order valence-corrected chi connectivity index (χ3v) is 4.26. The molecular formula is C16H23ClN2O4. The summed E-state index contributed by atoms with van der Waals surface area (Å²) in [5.41, 5.74) is 0.594. The second-order valence-corrected chi connectivity index (χ2v) is 5.91. The molecule has 0 spiro atoms. The van der Waals surface area contributed by atoms with Crippen LogP contribution in [0.4, 0.5) is 0 Å². The predicted molar refractivity (Wildman–Crippen MR) is 88.6 cm³/mol. The van der Waals surface area contributed by atoms with Gasteiger partial charge in [-0.2, -0.15) is 0 Å². The predicted octanol–water partition coefficient (Wildman–Crippen LogP) is 2.17. The smallest absolute Gasteiger partial charge is 0.325 e. The lowest BCUT2D eigenvalue weighted by molar-refractivity contribution is -0.145. The van der Waals surface area contributed by atoms with Gasteiger partial charge in [0.05, 0.1) is 18.7 Å². The van der Waals surface area contributed by atoms with Crippen molar-refractivity contribution in [2.45, 2.75) is 25.9 Å². The van der Waals surface area contributed by atoms with E-state index in [1.165, 1.54) is 7.11 Å². The quantitative estimate of drug-likeness (QED) is 0.825. The van der Waals surface area contributed by atoms with Crippen LogP contribution in [0, 0.1) is 0 Å². The van der Waals surface area contributed by atoms with Crippen molar-refractivity contribution in [2.24, 2.45) is 0 Å². The van der Waals surface area contributed by atoms with E-state index >= 15 is 0 Å². The summed E-state index contributed by atoms with van der Waals surface area (Å²) in [4.78, 5) is 13.9. The van der Waals surface area contributed by atoms with Crippen molar-refractivity contribution in [3.63, 3.8) is 0 Å². The average Bonchev–Trinajstić information content (AvgIpc) is 2.51. The molecule has 1 aromatic rings. The number of nitrogens with one attached hydrogen (secondary N) is 1. The van der Waals surface area contributed by atoms with Gasteiger partial charge in [-0.05, 0) is 31.5 Å². The van der Waals surface area contributed by atoms with Crippen LogP contribution in [-0.4, -0.2) is 55.4 Å². The van der Waals surface area contributed by atoms with Gasteiger partial charge in [-0.15, -0.1) is 0 Å². The highest BCUT2D eigenvalue weighted by Crippen LogP contribution is 2.39. The van der Waals surface area contributed by atoms with E-state index in [-0.39, 0.29) is 6.04 Å². The van der Waals surface area contributed by atoms with Gasteiger partial charge in [0.1, 0.15) is 6.04 Å². The zero-order chi connectivity index (χ0) is 17.0. The summed E-state index contributed by atoms with van der Waals surface area (Å²) in [6, 6.07) is 2.70. The maximum atomic E-state index is 11.9. The van der Waals surface area contributed by atoms with E-state index in [4.69, 9.17) is 21.1 Å². The molecule has 0 amide bonds. The Morgan fingerprint density at radius 3 is 2.87 bits per heavy atom. The highest BCUT2D eigenvalue weighted by atomic mass is 35.5. The molecule has 1 aliphatic rings. The summed E-state index contributed by atoms with van der Waals surface area (Å²) >= 11 is 6.29. The van der Waals surface area contributed by atoms with Crippen LogP contribution in [0.2, 0.25) is 5.02 Å². The molecule has 1 aromatic carbocycles. The minimum absolute atomic E-state index is 0.112. The van der Waals surface area contributed by atoms with Gasteiger partial charge < -0.3 is 19.9 Å². The summed E-state index contributed by atoms with van der Waals surface area (Å²) in [5, 5.41) is 13.4. The molecule has 1 aliphatic heterocycles. The van der Waals surface area contributed by atoms with Gasteiger partial charge in [-0.1, -0.05) is 11.6 Å². The molecule has 7 heteroatoms. The maximum absolute atomic E-state index is 11.9. The fourth-order valence-electron chi connectivity index (χ4n) is 2.90. The lowest BCUT2D eigenvalue weighted by atomic mass is 10.0. The summed E-state index contributed by atoms with van der Waals surface area (Å²) in [6.07, 6.45) is 0. The molecule has 0 radical (unpaired) electrons. The third kappa shape index (κ3) is 3.88. The number of aliphatic carboxylic acids is 1. The number of hydrogen-bond donors (Lipinski definition) is 2. The van der Waals surface area contributed by atoms with E-state index in [0.717, 1.165) is 13.1 Å². The minimum Gasteiger partial charge on any atom is -0.493 e. The van der Waals surface area contributed by atoms with Crippen molar-refractivity contribution in [3.8, 4) is 11.5 Å². The molecule has 23 heavy (non-hydrogen) atoms. The van der Waals surface area contributed by atoms with Gasteiger partial charge in [0.15, 0.2) is 11.5 Å². The van der Waals surface area contributed by atoms with Crippen molar-refractivity contribution in [1.29, 1.82) is 0 Å². The zero-order valence-electron chi connectivity index (χ0n) is 13.6. The monoisotopic (exact) mass is 342 g/mol. The SMILES string of the molecule is CCOc1c(Cl)cc(C(C(=O)O)N2CCNCC2C)cc1OC. The van der Waals surface area contributed by atoms with Crippen LogP contribution in [0.5, 0.6) is 11.5 Å². The number of ether oxygens (including phenoxy) is 2. The Bertz CT molecular complexity index is 567. The van der Waals surface area contributed by atoms with Crippen molar-refractivity contribution in [1.82, 2.24) is 10.2 Å². The molecule has 0 aliphatic carbocycles. The van der Waals surface area contributed by atoms with Crippen molar-refractivity contribution >= 4 is 17.6 Å². The first kappa shape index (κ1) is 17.8. The number of rotatable bonds is 6. The summed E-state index contributed by atoms with van der Waals surface area (Å²) in [5.74, 6) is -0.0117. The summed E-state index contributed by atoms with van der Waals surface area (Å²) in [7, 11) is 1.52. The number of nitrogens with zero attached hydrogens (tertiary/aromatic N) is 1. The zero-order valence-corrected chi connectivity index (χ0v) is 14.4. The Morgan fingerprint density at radius 1 is 1.57 bits per heavy atom. The lowest BCUT2D eigenvalue weighted by Crippen LogP contribution is -2.52. The van der Waals surface area contributed by atoms with E-state index in [0.29, 0.717) is 35.2 Å². The number of hydrogen-bond acceptors (Lipinski definition) is 5. The molecular weight excluding hydrogens is 320 g/mol. The largest absolute Gasteiger partial charge is 0.493 e. The van der Waals surface area contributed by atoms with Crippen LogP contribution in [0.15, 0.2) is 12.1 Å².